The minimum atomic E-state index is -3.95. The van der Waals surface area contributed by atoms with Gasteiger partial charge in [0.25, 0.3) is 5.91 Å². The van der Waals surface area contributed by atoms with Crippen LogP contribution in [0.2, 0.25) is 5.02 Å². The lowest BCUT2D eigenvalue weighted by Gasteiger charge is -2.25. The number of aryl methyl sites for hydroxylation is 1. The summed E-state index contributed by atoms with van der Waals surface area (Å²) in [6, 6.07) is 35.8. The van der Waals surface area contributed by atoms with E-state index < -0.39 is 21.8 Å². The molecule has 0 spiro atoms. The number of rotatable bonds is 14. The number of hydrogen-bond donors (Lipinski definition) is 3. The van der Waals surface area contributed by atoms with Gasteiger partial charge in [0.05, 0.1) is 21.5 Å². The summed E-state index contributed by atoms with van der Waals surface area (Å²) in [5.74, 6) is -0.517. The van der Waals surface area contributed by atoms with Gasteiger partial charge in [0.1, 0.15) is 12.4 Å². The number of amides is 1. The molecule has 1 amide bonds. The zero-order chi connectivity index (χ0) is 33.4. The molecule has 9 heteroatoms. The second-order valence-electron chi connectivity index (χ2n) is 11.4. The van der Waals surface area contributed by atoms with Crippen LogP contribution in [0.15, 0.2) is 131 Å². The molecule has 0 heterocycles. The number of primary amides is 1. The van der Waals surface area contributed by atoms with Crippen molar-refractivity contribution >= 4 is 27.3 Å². The van der Waals surface area contributed by atoms with Crippen LogP contribution in [0.1, 0.15) is 44.3 Å². The predicted molar refractivity (Wildman–Crippen MR) is 184 cm³/mol. The smallest absolute Gasteiger partial charge is 0.252 e. The molecule has 5 aromatic carbocycles. The molecule has 1 unspecified atom stereocenters. The molecule has 5 rings (SSSR count). The van der Waals surface area contributed by atoms with Crippen LogP contribution >= 0.6 is 11.6 Å². The first-order valence-electron chi connectivity index (χ1n) is 15.3. The summed E-state index contributed by atoms with van der Waals surface area (Å²) in [6.45, 7) is 2.44. The third-order valence-corrected chi connectivity index (χ3v) is 9.96. The fraction of sp³-hybridized carbons (Fsp3) is 0.184. The van der Waals surface area contributed by atoms with Crippen LogP contribution in [0.3, 0.4) is 0 Å². The quantitative estimate of drug-likeness (QED) is 0.122. The van der Waals surface area contributed by atoms with Crippen LogP contribution in [0.4, 0.5) is 0 Å². The molecule has 0 aliphatic heterocycles. The third kappa shape index (κ3) is 8.67. The molecular weight excluding hydrogens is 632 g/mol. The monoisotopic (exact) mass is 668 g/mol. The molecule has 0 bridgehead atoms. The molecule has 0 aliphatic carbocycles. The minimum absolute atomic E-state index is 0.00668. The molecular formula is C38H37ClN2O5S. The molecule has 4 N–H and O–H groups in total. The van der Waals surface area contributed by atoms with Crippen molar-refractivity contribution in [3.05, 3.63) is 160 Å². The summed E-state index contributed by atoms with van der Waals surface area (Å²) in [7, 11) is -3.95. The number of benzene rings is 5. The van der Waals surface area contributed by atoms with Gasteiger partial charge in [-0.1, -0.05) is 96.5 Å². The minimum Gasteiger partial charge on any atom is -0.488 e. The van der Waals surface area contributed by atoms with Crippen molar-refractivity contribution in [1.29, 1.82) is 0 Å². The summed E-state index contributed by atoms with van der Waals surface area (Å²) in [6.07, 6.45) is 0.422. The van der Waals surface area contributed by atoms with Crippen LogP contribution in [0.5, 0.6) is 5.75 Å². The van der Waals surface area contributed by atoms with Crippen molar-refractivity contribution in [1.82, 2.24) is 5.32 Å². The summed E-state index contributed by atoms with van der Waals surface area (Å²) < 4.78 is 33.2. The molecule has 47 heavy (non-hydrogen) atoms. The fourth-order valence-electron chi connectivity index (χ4n) is 5.46. The van der Waals surface area contributed by atoms with E-state index in [-0.39, 0.29) is 33.8 Å². The lowest BCUT2D eigenvalue weighted by Crippen LogP contribution is -2.38. The van der Waals surface area contributed by atoms with Crippen LogP contribution in [-0.2, 0) is 29.3 Å². The van der Waals surface area contributed by atoms with Crippen molar-refractivity contribution in [3.63, 3.8) is 0 Å². The van der Waals surface area contributed by atoms with Gasteiger partial charge in [-0.15, -0.1) is 0 Å². The molecule has 5 aromatic rings. The standard InChI is InChI=1S/C38H37ClN2O5S/c1-26-21-33(24-34(38(40)43)37(26)46-25-29-11-6-3-7-12-29)47(44,45)32-17-15-27(16-18-32)19-20-41-35(22-28-9-4-2-5-10-28)36(42)30-13-8-14-31(39)23-30/h2-18,21,23-24,35-36,41-42H,19-20,22,25H2,1H3,(H2,40,43)/t35?,36-/m1/s1. The van der Waals surface area contributed by atoms with Crippen LogP contribution in [0.25, 0.3) is 0 Å². The van der Waals surface area contributed by atoms with E-state index in [1.54, 1.807) is 43.3 Å². The second-order valence-corrected chi connectivity index (χ2v) is 13.8. The van der Waals surface area contributed by atoms with E-state index in [0.717, 1.165) is 22.3 Å². The first-order chi connectivity index (χ1) is 22.6. The summed E-state index contributed by atoms with van der Waals surface area (Å²) in [5, 5.41) is 15.3. The van der Waals surface area contributed by atoms with Crippen LogP contribution in [-0.4, -0.2) is 32.0 Å². The number of carbonyl (C=O) groups excluding carboxylic acids is 1. The second kappa shape index (κ2) is 15.4. The maximum atomic E-state index is 13.6. The number of nitrogens with two attached hydrogens (primary N) is 1. The van der Waals surface area contributed by atoms with Crippen molar-refractivity contribution < 1.29 is 23.1 Å². The highest BCUT2D eigenvalue weighted by Gasteiger charge is 2.24. The van der Waals surface area contributed by atoms with E-state index >= 15 is 0 Å². The fourth-order valence-corrected chi connectivity index (χ4v) is 7.03. The van der Waals surface area contributed by atoms with Gasteiger partial charge in [-0.2, -0.15) is 0 Å². The van der Waals surface area contributed by atoms with Gasteiger partial charge in [0.15, 0.2) is 0 Å². The number of halogens is 1. The zero-order valence-electron chi connectivity index (χ0n) is 26.0. The maximum absolute atomic E-state index is 13.6. The van der Waals surface area contributed by atoms with Gasteiger partial charge in [0.2, 0.25) is 9.84 Å². The highest BCUT2D eigenvalue weighted by Crippen LogP contribution is 2.31. The molecule has 242 valence electrons. The Bertz CT molecular complexity index is 1920. The molecule has 0 radical (unpaired) electrons. The van der Waals surface area contributed by atoms with E-state index in [1.807, 2.05) is 72.8 Å². The van der Waals surface area contributed by atoms with E-state index in [4.69, 9.17) is 22.1 Å². The highest BCUT2D eigenvalue weighted by molar-refractivity contribution is 7.91. The summed E-state index contributed by atoms with van der Waals surface area (Å²) in [5.41, 5.74) is 9.79. The number of carbonyl (C=O) groups is 1. The number of nitrogens with one attached hydrogen (secondary N) is 1. The van der Waals surface area contributed by atoms with Crippen molar-refractivity contribution in [3.8, 4) is 5.75 Å². The number of hydrogen-bond acceptors (Lipinski definition) is 6. The van der Waals surface area contributed by atoms with Crippen molar-refractivity contribution in [2.24, 2.45) is 5.73 Å². The van der Waals surface area contributed by atoms with Gasteiger partial charge in [0, 0.05) is 11.1 Å². The van der Waals surface area contributed by atoms with Crippen LogP contribution in [0, 0.1) is 6.92 Å². The largest absolute Gasteiger partial charge is 0.488 e. The average Bonchev–Trinajstić information content (AvgIpc) is 3.07. The Labute approximate surface area is 280 Å². The molecule has 0 saturated carbocycles. The summed E-state index contributed by atoms with van der Waals surface area (Å²) in [4.78, 5) is 12.4. The Kier molecular flexibility index (Phi) is 11.1. The lowest BCUT2D eigenvalue weighted by molar-refractivity contribution is 0.0995. The molecule has 0 aromatic heterocycles. The van der Waals surface area contributed by atoms with E-state index in [9.17, 15) is 18.3 Å². The SMILES string of the molecule is Cc1cc(S(=O)(=O)c2ccc(CCNC(Cc3ccccc3)[C@H](O)c3cccc(Cl)c3)cc2)cc(C(N)=O)c1OCc1ccccc1. The van der Waals surface area contributed by atoms with E-state index in [1.165, 1.54) is 12.1 Å². The number of aliphatic hydroxyl groups is 1. The number of ether oxygens (including phenoxy) is 1. The van der Waals surface area contributed by atoms with Crippen LogP contribution < -0.4 is 15.8 Å². The Morgan fingerprint density at radius 2 is 1.49 bits per heavy atom. The van der Waals surface area contributed by atoms with Gasteiger partial charge >= 0.3 is 0 Å². The summed E-state index contributed by atoms with van der Waals surface area (Å²) >= 11 is 6.19. The Morgan fingerprint density at radius 1 is 0.830 bits per heavy atom. The number of aliphatic hydroxyl groups excluding tert-OH is 1. The molecule has 7 nitrogen and oxygen atoms in total. The lowest BCUT2D eigenvalue weighted by atomic mass is 9.96. The highest BCUT2D eigenvalue weighted by atomic mass is 35.5. The normalized spacial score (nSPS) is 12.7. The van der Waals surface area contributed by atoms with Gasteiger partial charge in [-0.25, -0.2) is 8.42 Å². The molecule has 0 fully saturated rings. The Morgan fingerprint density at radius 3 is 2.13 bits per heavy atom. The van der Waals surface area contributed by atoms with Crippen molar-refractivity contribution in [2.45, 2.75) is 48.3 Å². The third-order valence-electron chi connectivity index (χ3n) is 7.97. The first-order valence-corrected chi connectivity index (χ1v) is 17.1. The van der Waals surface area contributed by atoms with E-state index in [2.05, 4.69) is 5.32 Å². The van der Waals surface area contributed by atoms with Crippen molar-refractivity contribution in [2.75, 3.05) is 6.54 Å². The predicted octanol–water partition coefficient (Wildman–Crippen LogP) is 6.64. The first kappa shape index (κ1) is 33.9. The maximum Gasteiger partial charge on any atom is 0.252 e. The van der Waals surface area contributed by atoms with Gasteiger partial charge < -0.3 is 20.9 Å². The number of sulfone groups is 1. The molecule has 2 atom stereocenters. The van der Waals surface area contributed by atoms with E-state index in [0.29, 0.717) is 30.0 Å². The Balaban J connectivity index is 1.28. The zero-order valence-corrected chi connectivity index (χ0v) is 27.5. The molecule has 0 aliphatic rings. The van der Waals surface area contributed by atoms with Gasteiger partial charge in [-0.05, 0) is 90.5 Å². The molecule has 0 saturated heterocycles. The topological polar surface area (TPSA) is 119 Å². The average molecular weight is 669 g/mol. The van der Waals surface area contributed by atoms with Gasteiger partial charge in [-0.3, -0.25) is 4.79 Å². The Hall–Kier alpha value is -4.47.